The minimum Gasteiger partial charge on any atom is -0.399 e. The smallest absolute Gasteiger partial charge is 0.251 e. The molecular formula is C15H16N2O2. The topological polar surface area (TPSA) is 75.4 Å². The summed E-state index contributed by atoms with van der Waals surface area (Å²) in [6.07, 6.45) is 0. The third kappa shape index (κ3) is 3.56. The Morgan fingerprint density at radius 2 is 1.79 bits per heavy atom. The van der Waals surface area contributed by atoms with Crippen molar-refractivity contribution in [2.45, 2.75) is 13.2 Å². The average Bonchev–Trinajstić information content (AvgIpc) is 2.45. The second-order valence-corrected chi connectivity index (χ2v) is 4.28. The summed E-state index contributed by atoms with van der Waals surface area (Å²) in [6.45, 7) is 0.468. The fourth-order valence-corrected chi connectivity index (χ4v) is 1.73. The first kappa shape index (κ1) is 13.1. The van der Waals surface area contributed by atoms with Gasteiger partial charge >= 0.3 is 0 Å². The first-order valence-corrected chi connectivity index (χ1v) is 6.01. The minimum atomic E-state index is -0.154. The van der Waals surface area contributed by atoms with E-state index in [-0.39, 0.29) is 12.5 Å². The van der Waals surface area contributed by atoms with Gasteiger partial charge in [-0.3, -0.25) is 4.79 Å². The van der Waals surface area contributed by atoms with Gasteiger partial charge in [0.2, 0.25) is 0 Å². The van der Waals surface area contributed by atoms with Gasteiger partial charge in [0.15, 0.2) is 0 Å². The van der Waals surface area contributed by atoms with Crippen LogP contribution in [-0.4, -0.2) is 11.0 Å². The largest absolute Gasteiger partial charge is 0.399 e. The molecule has 0 spiro atoms. The Kier molecular flexibility index (Phi) is 4.15. The molecule has 19 heavy (non-hydrogen) atoms. The van der Waals surface area contributed by atoms with Crippen LogP contribution >= 0.6 is 0 Å². The highest BCUT2D eigenvalue weighted by atomic mass is 16.3. The molecule has 0 radical (unpaired) electrons. The number of carbonyl (C=O) groups is 1. The Hall–Kier alpha value is -2.33. The fourth-order valence-electron chi connectivity index (χ4n) is 1.73. The third-order valence-corrected chi connectivity index (χ3v) is 2.81. The number of hydrogen-bond acceptors (Lipinski definition) is 3. The number of aliphatic hydroxyl groups is 1. The molecule has 0 fully saturated rings. The highest BCUT2D eigenvalue weighted by Gasteiger charge is 2.05. The summed E-state index contributed by atoms with van der Waals surface area (Å²) in [5.74, 6) is -0.154. The summed E-state index contributed by atoms with van der Waals surface area (Å²) >= 11 is 0. The summed E-state index contributed by atoms with van der Waals surface area (Å²) in [5.41, 5.74) is 8.58. The Morgan fingerprint density at radius 3 is 2.42 bits per heavy atom. The van der Waals surface area contributed by atoms with Gasteiger partial charge in [0, 0.05) is 17.8 Å². The normalized spacial score (nSPS) is 10.2. The number of carbonyl (C=O) groups excluding carboxylic acids is 1. The summed E-state index contributed by atoms with van der Waals surface area (Å²) in [4.78, 5) is 11.9. The second kappa shape index (κ2) is 6.02. The quantitative estimate of drug-likeness (QED) is 0.729. The highest BCUT2D eigenvalue weighted by molar-refractivity contribution is 5.94. The predicted octanol–water partition coefficient (Wildman–Crippen LogP) is 1.69. The van der Waals surface area contributed by atoms with Crippen molar-refractivity contribution < 1.29 is 9.90 Å². The maximum absolute atomic E-state index is 11.9. The molecule has 0 atom stereocenters. The van der Waals surface area contributed by atoms with Crippen molar-refractivity contribution in [3.63, 3.8) is 0 Å². The molecular weight excluding hydrogens is 240 g/mol. The molecule has 2 aromatic carbocycles. The van der Waals surface area contributed by atoms with Crippen LogP contribution in [0.5, 0.6) is 0 Å². The zero-order chi connectivity index (χ0) is 13.7. The van der Waals surface area contributed by atoms with Crippen LogP contribution in [0, 0.1) is 0 Å². The molecule has 0 aromatic heterocycles. The molecule has 0 unspecified atom stereocenters. The number of rotatable bonds is 4. The molecule has 0 heterocycles. The van der Waals surface area contributed by atoms with E-state index in [4.69, 9.17) is 10.8 Å². The number of aliphatic hydroxyl groups excluding tert-OH is 1. The van der Waals surface area contributed by atoms with Crippen LogP contribution in [0.15, 0.2) is 48.5 Å². The van der Waals surface area contributed by atoms with Gasteiger partial charge in [0.1, 0.15) is 0 Å². The van der Waals surface area contributed by atoms with Gasteiger partial charge in [-0.25, -0.2) is 0 Å². The van der Waals surface area contributed by atoms with Gasteiger partial charge in [0.05, 0.1) is 6.61 Å². The van der Waals surface area contributed by atoms with E-state index in [1.165, 1.54) is 0 Å². The monoisotopic (exact) mass is 256 g/mol. The molecule has 1 amide bonds. The maximum Gasteiger partial charge on any atom is 0.251 e. The van der Waals surface area contributed by atoms with Crippen molar-refractivity contribution >= 4 is 11.6 Å². The third-order valence-electron chi connectivity index (χ3n) is 2.81. The van der Waals surface area contributed by atoms with Gasteiger partial charge in [0.25, 0.3) is 5.91 Å². The van der Waals surface area contributed by atoms with Gasteiger partial charge in [-0.1, -0.05) is 30.3 Å². The number of anilines is 1. The SMILES string of the molecule is Nc1cccc(C(=O)NCc2ccc(CO)cc2)c1. The molecule has 0 aliphatic carbocycles. The van der Waals surface area contributed by atoms with E-state index in [0.717, 1.165) is 11.1 Å². The van der Waals surface area contributed by atoms with Crippen molar-refractivity contribution in [3.8, 4) is 0 Å². The Morgan fingerprint density at radius 1 is 1.11 bits per heavy atom. The van der Waals surface area contributed by atoms with Crippen molar-refractivity contribution in [1.29, 1.82) is 0 Å². The average molecular weight is 256 g/mol. The molecule has 0 aliphatic heterocycles. The van der Waals surface area contributed by atoms with Gasteiger partial charge < -0.3 is 16.2 Å². The number of benzene rings is 2. The first-order valence-electron chi connectivity index (χ1n) is 6.01. The lowest BCUT2D eigenvalue weighted by Crippen LogP contribution is -2.22. The maximum atomic E-state index is 11.9. The predicted molar refractivity (Wildman–Crippen MR) is 74.4 cm³/mol. The molecule has 0 saturated heterocycles. The number of nitrogen functional groups attached to an aromatic ring is 1. The van der Waals surface area contributed by atoms with Crippen LogP contribution < -0.4 is 11.1 Å². The fraction of sp³-hybridized carbons (Fsp3) is 0.133. The number of nitrogens with one attached hydrogen (secondary N) is 1. The van der Waals surface area contributed by atoms with Crippen molar-refractivity contribution in [2.75, 3.05) is 5.73 Å². The second-order valence-electron chi connectivity index (χ2n) is 4.28. The van der Waals surface area contributed by atoms with E-state index in [1.807, 2.05) is 24.3 Å². The van der Waals surface area contributed by atoms with Crippen LogP contribution in [0.25, 0.3) is 0 Å². The molecule has 0 aliphatic rings. The molecule has 4 N–H and O–H groups in total. The molecule has 2 aromatic rings. The van der Waals surface area contributed by atoms with E-state index in [2.05, 4.69) is 5.32 Å². The lowest BCUT2D eigenvalue weighted by molar-refractivity contribution is 0.0951. The van der Waals surface area contributed by atoms with Crippen molar-refractivity contribution in [3.05, 3.63) is 65.2 Å². The van der Waals surface area contributed by atoms with Crippen molar-refractivity contribution in [2.24, 2.45) is 0 Å². The summed E-state index contributed by atoms with van der Waals surface area (Å²) in [5, 5.41) is 11.8. The highest BCUT2D eigenvalue weighted by Crippen LogP contribution is 2.07. The number of hydrogen-bond donors (Lipinski definition) is 3. The number of amides is 1. The van der Waals surface area contributed by atoms with E-state index >= 15 is 0 Å². The van der Waals surface area contributed by atoms with Crippen LogP contribution in [0.4, 0.5) is 5.69 Å². The van der Waals surface area contributed by atoms with Crippen LogP contribution in [0.1, 0.15) is 21.5 Å². The number of nitrogens with two attached hydrogens (primary N) is 1. The van der Waals surface area contributed by atoms with Gasteiger partial charge in [-0.05, 0) is 29.3 Å². The zero-order valence-corrected chi connectivity index (χ0v) is 10.5. The Labute approximate surface area is 111 Å². The van der Waals surface area contributed by atoms with Crippen LogP contribution in [0.3, 0.4) is 0 Å². The van der Waals surface area contributed by atoms with E-state index < -0.39 is 0 Å². The minimum absolute atomic E-state index is 0.0237. The summed E-state index contributed by atoms with van der Waals surface area (Å²) < 4.78 is 0. The lowest BCUT2D eigenvalue weighted by Gasteiger charge is -2.06. The van der Waals surface area contributed by atoms with E-state index in [1.54, 1.807) is 24.3 Å². The first-order chi connectivity index (χ1) is 9.19. The standard InChI is InChI=1S/C15H16N2O2/c16-14-3-1-2-13(8-14)15(19)17-9-11-4-6-12(10-18)7-5-11/h1-8,18H,9-10,16H2,(H,17,19). The Bertz CT molecular complexity index is 565. The van der Waals surface area contributed by atoms with E-state index in [0.29, 0.717) is 17.8 Å². The summed E-state index contributed by atoms with van der Waals surface area (Å²) in [7, 11) is 0. The molecule has 0 bridgehead atoms. The van der Waals surface area contributed by atoms with Gasteiger partial charge in [-0.15, -0.1) is 0 Å². The molecule has 4 heteroatoms. The molecule has 98 valence electrons. The molecule has 0 saturated carbocycles. The van der Waals surface area contributed by atoms with Gasteiger partial charge in [-0.2, -0.15) is 0 Å². The van der Waals surface area contributed by atoms with Crippen molar-refractivity contribution in [1.82, 2.24) is 5.32 Å². The van der Waals surface area contributed by atoms with Crippen LogP contribution in [0.2, 0.25) is 0 Å². The zero-order valence-electron chi connectivity index (χ0n) is 10.5. The lowest BCUT2D eigenvalue weighted by atomic mass is 10.1. The van der Waals surface area contributed by atoms with E-state index in [9.17, 15) is 4.79 Å². The van der Waals surface area contributed by atoms with Crippen LogP contribution in [-0.2, 0) is 13.2 Å². The Balaban J connectivity index is 1.96. The molecule has 4 nitrogen and oxygen atoms in total. The summed E-state index contributed by atoms with van der Waals surface area (Å²) in [6, 6.07) is 14.3. The molecule has 2 rings (SSSR count).